The number of methoxy groups -OCH3 is 1. The summed E-state index contributed by atoms with van der Waals surface area (Å²) in [5.41, 5.74) is 1.52. The van der Waals surface area contributed by atoms with Crippen LogP contribution in [0.15, 0.2) is 48.1 Å². The minimum Gasteiger partial charge on any atom is -0.486 e. The summed E-state index contributed by atoms with van der Waals surface area (Å²) in [4.78, 5) is 25.6. The van der Waals surface area contributed by atoms with Crippen molar-refractivity contribution in [2.45, 2.75) is 38.6 Å². The van der Waals surface area contributed by atoms with Crippen LogP contribution in [0.4, 0.5) is 5.00 Å². The number of hydrogen-bond acceptors (Lipinski definition) is 8. The summed E-state index contributed by atoms with van der Waals surface area (Å²) in [5.74, 6) is 0.759. The Balaban J connectivity index is 1.64. The van der Waals surface area contributed by atoms with E-state index < -0.39 is 5.97 Å². The van der Waals surface area contributed by atoms with Crippen LogP contribution in [0.25, 0.3) is 0 Å². The largest absolute Gasteiger partial charge is 0.486 e. The second kappa shape index (κ2) is 11.7. The third-order valence-electron chi connectivity index (χ3n) is 4.62. The first-order chi connectivity index (χ1) is 15.9. The van der Waals surface area contributed by atoms with Gasteiger partial charge >= 0.3 is 5.97 Å². The van der Waals surface area contributed by atoms with Crippen LogP contribution in [0.1, 0.15) is 33.5 Å². The molecule has 3 aromatic rings. The maximum atomic E-state index is 12.6. The zero-order valence-electron chi connectivity index (χ0n) is 18.8. The maximum Gasteiger partial charge on any atom is 0.340 e. The molecule has 0 aliphatic carbocycles. The van der Waals surface area contributed by atoms with Crippen molar-refractivity contribution >= 4 is 40.0 Å². The number of carbonyl (C=O) groups excluding carboxylic acids is 2. The molecule has 0 saturated carbocycles. The van der Waals surface area contributed by atoms with E-state index in [-0.39, 0.29) is 18.3 Å². The average Bonchev–Trinajstić information content (AvgIpc) is 3.40. The molecule has 174 valence electrons. The fourth-order valence-corrected chi connectivity index (χ4v) is 4.66. The van der Waals surface area contributed by atoms with Gasteiger partial charge in [-0.3, -0.25) is 9.36 Å². The van der Waals surface area contributed by atoms with Crippen LogP contribution < -0.4 is 10.1 Å². The summed E-state index contributed by atoms with van der Waals surface area (Å²) in [6.07, 6.45) is 2.50. The minimum absolute atomic E-state index is 0.105. The molecule has 1 amide bonds. The fourth-order valence-electron chi connectivity index (χ4n) is 2.89. The van der Waals surface area contributed by atoms with Gasteiger partial charge in [-0.2, -0.15) is 0 Å². The number of allylic oxidation sites excluding steroid dienone is 1. The molecule has 2 aromatic heterocycles. The fraction of sp³-hybridized carbons (Fsp3) is 0.304. The Hall–Kier alpha value is -3.11. The summed E-state index contributed by atoms with van der Waals surface area (Å²) < 4.78 is 12.5. The highest BCUT2D eigenvalue weighted by Gasteiger charge is 2.19. The molecular formula is C23H26N4O4S2. The Labute approximate surface area is 201 Å². The SMILES string of the molecule is C=CCn1c(COc2ccc(C)cc2)nnc1SCC(=O)Nc1sc(CC)cc1C(=O)OC. The molecule has 0 unspecified atom stereocenters. The van der Waals surface area contributed by atoms with Crippen LogP contribution in [-0.4, -0.2) is 39.5 Å². The lowest BCUT2D eigenvalue weighted by atomic mass is 10.2. The number of esters is 1. The highest BCUT2D eigenvalue weighted by Crippen LogP contribution is 2.29. The minimum atomic E-state index is -0.474. The first-order valence-electron chi connectivity index (χ1n) is 10.3. The highest BCUT2D eigenvalue weighted by atomic mass is 32.2. The Bertz CT molecular complexity index is 1120. The molecule has 33 heavy (non-hydrogen) atoms. The Morgan fingerprint density at radius 1 is 1.27 bits per heavy atom. The molecule has 8 nitrogen and oxygen atoms in total. The molecule has 0 spiro atoms. The van der Waals surface area contributed by atoms with Crippen molar-refractivity contribution in [1.29, 1.82) is 0 Å². The number of ether oxygens (including phenoxy) is 2. The number of anilines is 1. The van der Waals surface area contributed by atoms with E-state index in [2.05, 4.69) is 22.1 Å². The van der Waals surface area contributed by atoms with E-state index in [4.69, 9.17) is 9.47 Å². The number of aromatic nitrogens is 3. The zero-order valence-corrected chi connectivity index (χ0v) is 20.4. The molecule has 0 fully saturated rings. The lowest BCUT2D eigenvalue weighted by Gasteiger charge is -2.09. The summed E-state index contributed by atoms with van der Waals surface area (Å²) in [6.45, 7) is 8.53. The number of rotatable bonds is 11. The van der Waals surface area contributed by atoms with E-state index in [1.807, 2.05) is 42.7 Å². The van der Waals surface area contributed by atoms with E-state index in [1.165, 1.54) is 30.2 Å². The molecule has 0 saturated heterocycles. The molecule has 1 aromatic carbocycles. The van der Waals surface area contributed by atoms with E-state index in [9.17, 15) is 9.59 Å². The normalized spacial score (nSPS) is 10.6. The summed E-state index contributed by atoms with van der Waals surface area (Å²) >= 11 is 2.62. The standard InChI is InChI=1S/C23H26N4O4S2/c1-5-11-27-19(13-31-16-9-7-15(3)8-10-16)25-26-23(27)32-14-20(28)24-21-18(22(29)30-4)12-17(6-2)33-21/h5,7-10,12H,1,6,11,13-14H2,2-4H3,(H,24,28). The van der Waals surface area contributed by atoms with Gasteiger partial charge in [0.05, 0.1) is 18.4 Å². The molecule has 2 heterocycles. The highest BCUT2D eigenvalue weighted by molar-refractivity contribution is 7.99. The number of thiophene rings is 1. The van der Waals surface area contributed by atoms with Gasteiger partial charge in [-0.1, -0.05) is 42.5 Å². The molecule has 3 rings (SSSR count). The van der Waals surface area contributed by atoms with Gasteiger partial charge in [-0.05, 0) is 31.5 Å². The number of thioether (sulfide) groups is 1. The Kier molecular flexibility index (Phi) is 8.67. The van der Waals surface area contributed by atoms with Crippen molar-refractivity contribution in [2.24, 2.45) is 0 Å². The van der Waals surface area contributed by atoms with Crippen LogP contribution in [0.5, 0.6) is 5.75 Å². The summed E-state index contributed by atoms with van der Waals surface area (Å²) in [6, 6.07) is 9.51. The monoisotopic (exact) mass is 486 g/mol. The van der Waals surface area contributed by atoms with Gasteiger partial charge in [0.2, 0.25) is 5.91 Å². The van der Waals surface area contributed by atoms with Crippen molar-refractivity contribution in [3.8, 4) is 5.75 Å². The second-order valence-corrected chi connectivity index (χ2v) is 9.12. The van der Waals surface area contributed by atoms with Gasteiger partial charge in [-0.15, -0.1) is 28.1 Å². The number of nitrogens with zero attached hydrogens (tertiary/aromatic N) is 3. The maximum absolute atomic E-state index is 12.6. The lowest BCUT2D eigenvalue weighted by Crippen LogP contribution is -2.16. The first kappa shape index (κ1) is 24.5. The first-order valence-corrected chi connectivity index (χ1v) is 12.1. The van der Waals surface area contributed by atoms with Crippen LogP contribution in [0.3, 0.4) is 0 Å². The molecule has 0 aliphatic heterocycles. The molecule has 0 radical (unpaired) electrons. The van der Waals surface area contributed by atoms with Crippen LogP contribution in [0.2, 0.25) is 0 Å². The van der Waals surface area contributed by atoms with Crippen LogP contribution in [-0.2, 0) is 29.1 Å². The third-order valence-corrected chi connectivity index (χ3v) is 6.78. The molecule has 1 N–H and O–H groups in total. The Morgan fingerprint density at radius 3 is 2.70 bits per heavy atom. The quantitative estimate of drug-likeness (QED) is 0.242. The average molecular weight is 487 g/mol. The number of amides is 1. The molecule has 0 aliphatic rings. The predicted molar refractivity (Wildman–Crippen MR) is 130 cm³/mol. The van der Waals surface area contributed by atoms with Crippen molar-refractivity contribution < 1.29 is 19.1 Å². The molecule has 0 atom stereocenters. The van der Waals surface area contributed by atoms with Crippen molar-refractivity contribution in [3.63, 3.8) is 0 Å². The van der Waals surface area contributed by atoms with Crippen molar-refractivity contribution in [1.82, 2.24) is 14.8 Å². The number of hydrogen-bond donors (Lipinski definition) is 1. The number of aryl methyl sites for hydroxylation is 2. The van der Waals surface area contributed by atoms with Gasteiger partial charge in [0.15, 0.2) is 11.0 Å². The van der Waals surface area contributed by atoms with Crippen LogP contribution in [0, 0.1) is 6.92 Å². The van der Waals surface area contributed by atoms with E-state index in [0.717, 1.165) is 22.6 Å². The van der Waals surface area contributed by atoms with Gasteiger partial charge in [0.25, 0.3) is 0 Å². The van der Waals surface area contributed by atoms with Gasteiger partial charge < -0.3 is 14.8 Å². The van der Waals surface area contributed by atoms with E-state index >= 15 is 0 Å². The van der Waals surface area contributed by atoms with E-state index in [1.54, 1.807) is 12.1 Å². The zero-order chi connectivity index (χ0) is 23.8. The van der Waals surface area contributed by atoms with Gasteiger partial charge in [-0.25, -0.2) is 4.79 Å². The van der Waals surface area contributed by atoms with Gasteiger partial charge in [0.1, 0.15) is 17.4 Å². The third kappa shape index (κ3) is 6.45. The topological polar surface area (TPSA) is 95.3 Å². The summed E-state index contributed by atoms with van der Waals surface area (Å²) in [7, 11) is 1.32. The number of nitrogens with one attached hydrogen (secondary N) is 1. The predicted octanol–water partition coefficient (Wildman–Crippen LogP) is 4.49. The molecular weight excluding hydrogens is 460 g/mol. The number of carbonyl (C=O) groups is 2. The molecule has 10 heteroatoms. The van der Waals surface area contributed by atoms with Crippen LogP contribution >= 0.6 is 23.1 Å². The number of benzene rings is 1. The van der Waals surface area contributed by atoms with Gasteiger partial charge in [0, 0.05) is 11.4 Å². The lowest BCUT2D eigenvalue weighted by molar-refractivity contribution is -0.113. The smallest absolute Gasteiger partial charge is 0.340 e. The van der Waals surface area contributed by atoms with Crippen molar-refractivity contribution in [3.05, 3.63) is 64.8 Å². The Morgan fingerprint density at radius 2 is 2.03 bits per heavy atom. The second-order valence-electron chi connectivity index (χ2n) is 7.04. The summed E-state index contributed by atoms with van der Waals surface area (Å²) in [5, 5.41) is 12.3. The van der Waals surface area contributed by atoms with E-state index in [0.29, 0.717) is 28.1 Å². The molecule has 0 bridgehead atoms. The van der Waals surface area contributed by atoms with Crippen molar-refractivity contribution in [2.75, 3.05) is 18.2 Å².